The molecule has 3 nitrogen and oxygen atoms in total. The Bertz CT molecular complexity index is 901. The molecular formula is C19H15F3N2O. The predicted octanol–water partition coefficient (Wildman–Crippen LogP) is 4.11. The summed E-state index contributed by atoms with van der Waals surface area (Å²) in [5.74, 6) is -0.333. The lowest BCUT2D eigenvalue weighted by Crippen LogP contribution is -2.24. The van der Waals surface area contributed by atoms with E-state index in [2.05, 4.69) is 10.3 Å². The van der Waals surface area contributed by atoms with Crippen molar-refractivity contribution in [1.29, 1.82) is 0 Å². The molecule has 0 radical (unpaired) electrons. The fourth-order valence-electron chi connectivity index (χ4n) is 2.61. The number of para-hydroxylation sites is 1. The van der Waals surface area contributed by atoms with Crippen LogP contribution >= 0.6 is 0 Å². The largest absolute Gasteiger partial charge is 0.416 e. The van der Waals surface area contributed by atoms with Crippen LogP contribution in [0.2, 0.25) is 0 Å². The molecular weight excluding hydrogens is 329 g/mol. The van der Waals surface area contributed by atoms with Crippen molar-refractivity contribution in [1.82, 2.24) is 10.3 Å². The number of carbonyl (C=O) groups excluding carboxylic acids is 1. The van der Waals surface area contributed by atoms with Crippen LogP contribution in [0.3, 0.4) is 0 Å². The van der Waals surface area contributed by atoms with Crippen molar-refractivity contribution in [2.45, 2.75) is 19.1 Å². The number of aromatic nitrogens is 1. The van der Waals surface area contributed by atoms with Crippen molar-refractivity contribution < 1.29 is 18.0 Å². The number of amides is 1. The summed E-state index contributed by atoms with van der Waals surface area (Å²) < 4.78 is 38.1. The summed E-state index contributed by atoms with van der Waals surface area (Å²) in [5, 5.41) is 3.68. The third kappa shape index (κ3) is 4.15. The van der Waals surface area contributed by atoms with Crippen LogP contribution in [0.1, 0.15) is 16.7 Å². The van der Waals surface area contributed by atoms with Crippen LogP contribution in [-0.4, -0.2) is 10.9 Å². The number of carbonyl (C=O) groups is 1. The van der Waals surface area contributed by atoms with Gasteiger partial charge in [0.2, 0.25) is 5.91 Å². The van der Waals surface area contributed by atoms with E-state index in [1.165, 1.54) is 12.1 Å². The van der Waals surface area contributed by atoms with Gasteiger partial charge in [0.15, 0.2) is 0 Å². The first-order chi connectivity index (χ1) is 11.9. The minimum absolute atomic E-state index is 0.104. The average molecular weight is 344 g/mol. The molecule has 0 saturated heterocycles. The topological polar surface area (TPSA) is 42.0 Å². The third-order valence-electron chi connectivity index (χ3n) is 3.83. The first-order valence-corrected chi connectivity index (χ1v) is 7.69. The number of halogens is 3. The highest BCUT2D eigenvalue weighted by Gasteiger charge is 2.30. The van der Waals surface area contributed by atoms with Gasteiger partial charge in [-0.25, -0.2) is 0 Å². The van der Waals surface area contributed by atoms with Gasteiger partial charge in [0, 0.05) is 18.1 Å². The minimum Gasteiger partial charge on any atom is -0.352 e. The third-order valence-corrected chi connectivity index (χ3v) is 3.83. The van der Waals surface area contributed by atoms with Gasteiger partial charge in [-0.15, -0.1) is 0 Å². The zero-order chi connectivity index (χ0) is 17.9. The van der Waals surface area contributed by atoms with E-state index in [4.69, 9.17) is 0 Å². The molecule has 6 heteroatoms. The van der Waals surface area contributed by atoms with E-state index in [1.54, 1.807) is 6.20 Å². The van der Waals surface area contributed by atoms with E-state index < -0.39 is 11.7 Å². The van der Waals surface area contributed by atoms with Crippen molar-refractivity contribution in [2.24, 2.45) is 0 Å². The summed E-state index contributed by atoms with van der Waals surface area (Å²) in [6, 6.07) is 14.2. The molecule has 1 heterocycles. The summed E-state index contributed by atoms with van der Waals surface area (Å²) in [5.41, 5.74) is 1.31. The second-order valence-corrected chi connectivity index (χ2v) is 5.64. The molecule has 1 N–H and O–H groups in total. The summed E-state index contributed by atoms with van der Waals surface area (Å²) in [6.07, 6.45) is -2.86. The van der Waals surface area contributed by atoms with Gasteiger partial charge >= 0.3 is 6.18 Å². The zero-order valence-corrected chi connectivity index (χ0v) is 13.2. The van der Waals surface area contributed by atoms with Crippen molar-refractivity contribution in [3.63, 3.8) is 0 Å². The normalized spacial score (nSPS) is 11.5. The Balaban J connectivity index is 1.67. The molecule has 0 bridgehead atoms. The molecule has 1 aromatic heterocycles. The number of rotatable bonds is 4. The fourth-order valence-corrected chi connectivity index (χ4v) is 2.61. The molecule has 3 aromatic rings. The Hall–Kier alpha value is -2.89. The molecule has 1 amide bonds. The highest BCUT2D eigenvalue weighted by molar-refractivity contribution is 5.83. The van der Waals surface area contributed by atoms with Crippen LogP contribution in [-0.2, 0) is 23.9 Å². The molecule has 0 aliphatic carbocycles. The summed E-state index contributed by atoms with van der Waals surface area (Å²) in [7, 11) is 0. The van der Waals surface area contributed by atoms with Gasteiger partial charge in [-0.05, 0) is 29.3 Å². The van der Waals surface area contributed by atoms with Gasteiger partial charge in [-0.2, -0.15) is 13.2 Å². The van der Waals surface area contributed by atoms with Gasteiger partial charge in [-0.1, -0.05) is 36.4 Å². The maximum atomic E-state index is 12.7. The van der Waals surface area contributed by atoms with Gasteiger partial charge in [0.1, 0.15) is 0 Å². The van der Waals surface area contributed by atoms with Crippen LogP contribution in [0, 0.1) is 0 Å². The first kappa shape index (κ1) is 17.0. The number of hydrogen-bond acceptors (Lipinski definition) is 2. The summed E-state index contributed by atoms with van der Waals surface area (Å²) >= 11 is 0. The molecule has 25 heavy (non-hydrogen) atoms. The number of benzene rings is 2. The molecule has 2 aromatic carbocycles. The Morgan fingerprint density at radius 2 is 1.84 bits per heavy atom. The lowest BCUT2D eigenvalue weighted by atomic mass is 10.1. The van der Waals surface area contributed by atoms with Crippen LogP contribution < -0.4 is 5.32 Å². The quantitative estimate of drug-likeness (QED) is 0.774. The highest BCUT2D eigenvalue weighted by atomic mass is 19.4. The Labute approximate surface area is 142 Å². The molecule has 0 unspecified atom stereocenters. The Kier molecular flexibility index (Phi) is 4.70. The minimum atomic E-state index is -4.41. The summed E-state index contributed by atoms with van der Waals surface area (Å²) in [6.45, 7) is 0.292. The van der Waals surface area contributed by atoms with Crippen molar-refractivity contribution in [3.05, 3.63) is 77.5 Å². The van der Waals surface area contributed by atoms with E-state index >= 15 is 0 Å². The monoisotopic (exact) mass is 344 g/mol. The van der Waals surface area contributed by atoms with Crippen molar-refractivity contribution in [2.75, 3.05) is 0 Å². The number of alkyl halides is 3. The number of pyridine rings is 1. The predicted molar refractivity (Wildman–Crippen MR) is 88.7 cm³/mol. The average Bonchev–Trinajstić information content (AvgIpc) is 2.59. The van der Waals surface area contributed by atoms with Crippen LogP contribution in [0.15, 0.2) is 60.8 Å². The van der Waals surface area contributed by atoms with E-state index in [9.17, 15) is 18.0 Å². The van der Waals surface area contributed by atoms with Crippen molar-refractivity contribution in [3.8, 4) is 0 Å². The van der Waals surface area contributed by atoms with E-state index in [-0.39, 0.29) is 12.3 Å². The summed E-state index contributed by atoms with van der Waals surface area (Å²) in [4.78, 5) is 16.3. The fraction of sp³-hybridized carbons (Fsp3) is 0.158. The smallest absolute Gasteiger partial charge is 0.352 e. The van der Waals surface area contributed by atoms with Gasteiger partial charge < -0.3 is 5.32 Å². The second kappa shape index (κ2) is 6.93. The first-order valence-electron chi connectivity index (χ1n) is 7.69. The molecule has 0 aliphatic rings. The maximum Gasteiger partial charge on any atom is 0.416 e. The molecule has 3 rings (SSSR count). The number of nitrogens with one attached hydrogen (secondary N) is 1. The van der Waals surface area contributed by atoms with E-state index in [0.29, 0.717) is 12.1 Å². The van der Waals surface area contributed by atoms with Crippen molar-refractivity contribution >= 4 is 16.8 Å². The molecule has 0 fully saturated rings. The number of hydrogen-bond donors (Lipinski definition) is 1. The molecule has 0 saturated carbocycles. The van der Waals surface area contributed by atoms with Gasteiger partial charge in [0.25, 0.3) is 0 Å². The molecule has 128 valence electrons. The van der Waals surface area contributed by atoms with E-state index in [0.717, 1.165) is 28.6 Å². The molecule has 0 spiro atoms. The van der Waals surface area contributed by atoms with Gasteiger partial charge in [0.05, 0.1) is 17.5 Å². The van der Waals surface area contributed by atoms with Crippen LogP contribution in [0.4, 0.5) is 13.2 Å². The Morgan fingerprint density at radius 1 is 1.04 bits per heavy atom. The maximum absolute atomic E-state index is 12.7. The SMILES string of the molecule is O=C(Cc1cccc(C(F)(F)F)c1)NCc1ccnc2ccccc12. The Morgan fingerprint density at radius 3 is 2.64 bits per heavy atom. The lowest BCUT2D eigenvalue weighted by Gasteiger charge is -2.10. The number of fused-ring (bicyclic) bond motifs is 1. The van der Waals surface area contributed by atoms with Crippen LogP contribution in [0.25, 0.3) is 10.9 Å². The molecule has 0 atom stereocenters. The second-order valence-electron chi connectivity index (χ2n) is 5.64. The van der Waals surface area contributed by atoms with E-state index in [1.807, 2.05) is 30.3 Å². The lowest BCUT2D eigenvalue weighted by molar-refractivity contribution is -0.137. The highest BCUT2D eigenvalue weighted by Crippen LogP contribution is 2.29. The number of nitrogens with zero attached hydrogens (tertiary/aromatic N) is 1. The molecule has 0 aliphatic heterocycles. The van der Waals surface area contributed by atoms with Gasteiger partial charge in [-0.3, -0.25) is 9.78 Å². The zero-order valence-electron chi connectivity index (χ0n) is 13.2. The van der Waals surface area contributed by atoms with Crippen LogP contribution in [0.5, 0.6) is 0 Å². The standard InChI is InChI=1S/C19H15F3N2O/c20-19(21,22)15-5-3-4-13(10-15)11-18(25)24-12-14-8-9-23-17-7-2-1-6-16(14)17/h1-10H,11-12H2,(H,24,25).